The summed E-state index contributed by atoms with van der Waals surface area (Å²) in [5.74, 6) is 5.22. The summed E-state index contributed by atoms with van der Waals surface area (Å²) in [4.78, 5) is 24.2. The Labute approximate surface area is 256 Å². The minimum absolute atomic E-state index is 0.00145. The van der Waals surface area contributed by atoms with Gasteiger partial charge < -0.3 is 35.3 Å². The number of nitrogens with zero attached hydrogens (tertiary/aromatic N) is 2. The Bertz CT molecular complexity index is 1750. The van der Waals surface area contributed by atoms with Gasteiger partial charge in [-0.1, -0.05) is 12.0 Å². The molecule has 2 amide bonds. The van der Waals surface area contributed by atoms with E-state index >= 15 is 4.39 Å². The number of carbonyl (C=O) groups excluding carboxylic acids is 2. The van der Waals surface area contributed by atoms with Gasteiger partial charge in [0.1, 0.15) is 18.5 Å². The highest BCUT2D eigenvalue weighted by molar-refractivity contribution is 7.90. The van der Waals surface area contributed by atoms with Crippen molar-refractivity contribution in [1.82, 2.24) is 9.47 Å². The van der Waals surface area contributed by atoms with Crippen LogP contribution in [0, 0.1) is 11.8 Å². The Hall–Kier alpha value is -4.65. The van der Waals surface area contributed by atoms with Crippen LogP contribution in [0.25, 0.3) is 10.9 Å². The Morgan fingerprint density at radius 2 is 1.91 bits per heavy atom. The number of benzene rings is 2. The van der Waals surface area contributed by atoms with Crippen molar-refractivity contribution in [1.29, 1.82) is 0 Å². The summed E-state index contributed by atoms with van der Waals surface area (Å²) in [6, 6.07) is 9.68. The van der Waals surface area contributed by atoms with Gasteiger partial charge in [0.15, 0.2) is 16.4 Å². The summed E-state index contributed by atoms with van der Waals surface area (Å²) in [5, 5.41) is 6.45. The monoisotopic (exact) mass is 653 g/mol. The van der Waals surface area contributed by atoms with Crippen molar-refractivity contribution in [3.05, 3.63) is 48.2 Å². The Morgan fingerprint density at radius 1 is 1.16 bits per heavy atom. The smallest absolute Gasteiger partial charge is 0.406 e. The number of fused-ring (bicyclic) bond motifs is 1. The van der Waals surface area contributed by atoms with Crippen molar-refractivity contribution in [2.24, 2.45) is 5.73 Å². The lowest BCUT2D eigenvalue weighted by Crippen LogP contribution is -2.51. The molecule has 2 heterocycles. The molecule has 4 rings (SSSR count). The fraction of sp³-hybridized carbons (Fsp3) is 0.379. The molecule has 2 atom stereocenters. The molecule has 4 N–H and O–H groups in total. The molecular formula is C29H31F4N5O6S. The second-order valence-electron chi connectivity index (χ2n) is 10.3. The van der Waals surface area contributed by atoms with Crippen molar-refractivity contribution in [3.63, 3.8) is 0 Å². The quantitative estimate of drug-likeness (QED) is 0.235. The molecule has 2 aromatic carbocycles. The van der Waals surface area contributed by atoms with Crippen LogP contribution in [0.4, 0.5) is 33.7 Å². The molecule has 1 aliphatic heterocycles. The number of amides is 2. The molecule has 0 spiro atoms. The average Bonchev–Trinajstić information content (AvgIpc) is 3.30. The number of primary amides is 1. The summed E-state index contributed by atoms with van der Waals surface area (Å²) < 4.78 is 90.3. The number of likely N-dealkylation sites (tertiary alicyclic amines) is 1. The van der Waals surface area contributed by atoms with Crippen molar-refractivity contribution in [2.75, 3.05) is 50.2 Å². The largest absolute Gasteiger partial charge is 0.495 e. The van der Waals surface area contributed by atoms with Crippen LogP contribution in [0.15, 0.2) is 47.4 Å². The summed E-state index contributed by atoms with van der Waals surface area (Å²) in [7, 11) is -2.09. The molecule has 16 heteroatoms. The number of nitrogens with one attached hydrogen (secondary N) is 2. The fourth-order valence-electron chi connectivity index (χ4n) is 4.90. The van der Waals surface area contributed by atoms with E-state index in [1.807, 2.05) is 0 Å². The van der Waals surface area contributed by atoms with E-state index in [2.05, 4.69) is 27.2 Å². The van der Waals surface area contributed by atoms with E-state index in [-0.39, 0.29) is 47.9 Å². The first kappa shape index (κ1) is 33.2. The van der Waals surface area contributed by atoms with Crippen LogP contribution in [0.3, 0.4) is 0 Å². The summed E-state index contributed by atoms with van der Waals surface area (Å²) in [6.07, 6.45) is -5.94. The van der Waals surface area contributed by atoms with Gasteiger partial charge >= 0.3 is 12.3 Å². The molecular weight excluding hydrogens is 622 g/mol. The second-order valence-corrected chi connectivity index (χ2v) is 12.3. The zero-order valence-corrected chi connectivity index (χ0v) is 25.1. The second kappa shape index (κ2) is 13.6. The van der Waals surface area contributed by atoms with Crippen molar-refractivity contribution >= 4 is 44.1 Å². The highest BCUT2D eigenvalue weighted by Crippen LogP contribution is 2.32. The average molecular weight is 654 g/mol. The minimum Gasteiger partial charge on any atom is -0.495 e. The van der Waals surface area contributed by atoms with Crippen LogP contribution in [-0.4, -0.2) is 87.9 Å². The van der Waals surface area contributed by atoms with Crippen LogP contribution in [0.2, 0.25) is 0 Å². The van der Waals surface area contributed by atoms with E-state index in [0.29, 0.717) is 16.8 Å². The molecule has 0 saturated carbocycles. The maximum absolute atomic E-state index is 15.1. The third-order valence-corrected chi connectivity index (χ3v) is 8.15. The fourth-order valence-corrected chi connectivity index (χ4v) is 5.54. The van der Waals surface area contributed by atoms with E-state index in [1.54, 1.807) is 12.1 Å². The molecule has 1 saturated heterocycles. The first-order chi connectivity index (χ1) is 21.2. The number of carbonyl (C=O) groups is 2. The molecule has 45 heavy (non-hydrogen) atoms. The summed E-state index contributed by atoms with van der Waals surface area (Å²) in [5.41, 5.74) is 6.02. The summed E-state index contributed by atoms with van der Waals surface area (Å²) >= 11 is 0. The van der Waals surface area contributed by atoms with Crippen LogP contribution >= 0.6 is 0 Å². The van der Waals surface area contributed by atoms with Crippen molar-refractivity contribution < 1.29 is 45.0 Å². The molecule has 1 aromatic heterocycles. The molecule has 0 aliphatic carbocycles. The predicted molar refractivity (Wildman–Crippen MR) is 159 cm³/mol. The first-order valence-corrected chi connectivity index (χ1v) is 15.5. The number of hydrogen-bond donors (Lipinski definition) is 3. The van der Waals surface area contributed by atoms with Gasteiger partial charge in [-0.15, -0.1) is 0 Å². The van der Waals surface area contributed by atoms with E-state index in [0.717, 1.165) is 10.8 Å². The Balaban J connectivity index is 1.54. The van der Waals surface area contributed by atoms with E-state index < -0.39 is 53.4 Å². The third kappa shape index (κ3) is 8.50. The topological polar surface area (TPSA) is 145 Å². The van der Waals surface area contributed by atoms with Gasteiger partial charge in [-0.3, -0.25) is 4.79 Å². The zero-order chi connectivity index (χ0) is 32.9. The predicted octanol–water partition coefficient (Wildman–Crippen LogP) is 3.53. The van der Waals surface area contributed by atoms with Crippen molar-refractivity contribution in [2.45, 2.75) is 36.3 Å². The lowest BCUT2D eigenvalue weighted by atomic mass is 10.0. The molecule has 0 unspecified atom stereocenters. The van der Waals surface area contributed by atoms with Crippen molar-refractivity contribution in [3.8, 4) is 17.6 Å². The maximum Gasteiger partial charge on any atom is 0.406 e. The van der Waals surface area contributed by atoms with Crippen LogP contribution in [-0.2, 0) is 25.9 Å². The van der Waals surface area contributed by atoms with Crippen LogP contribution in [0.5, 0.6) is 5.75 Å². The van der Waals surface area contributed by atoms with Crippen LogP contribution < -0.4 is 21.1 Å². The molecule has 1 aliphatic rings. The normalized spacial score (nSPS) is 16.9. The van der Waals surface area contributed by atoms with Gasteiger partial charge in [0.2, 0.25) is 0 Å². The number of hydrogen-bond acceptors (Lipinski definition) is 8. The number of ether oxygens (including phenoxy) is 2. The van der Waals surface area contributed by atoms with Gasteiger partial charge in [-0.2, -0.15) is 13.2 Å². The van der Waals surface area contributed by atoms with Gasteiger partial charge in [-0.05, 0) is 42.7 Å². The number of methoxy groups -OCH3 is 1. The number of alkyl halides is 4. The Kier molecular flexibility index (Phi) is 10.0. The highest BCUT2D eigenvalue weighted by Gasteiger charge is 2.33. The lowest BCUT2D eigenvalue weighted by Gasteiger charge is -2.35. The van der Waals surface area contributed by atoms with Gasteiger partial charge in [0, 0.05) is 29.9 Å². The minimum atomic E-state index is -4.56. The van der Waals surface area contributed by atoms with Gasteiger partial charge in [0.05, 0.1) is 48.0 Å². The van der Waals surface area contributed by atoms with Gasteiger partial charge in [0.25, 0.3) is 5.91 Å². The highest BCUT2D eigenvalue weighted by atomic mass is 32.2. The molecule has 11 nitrogen and oxygen atoms in total. The number of nitrogens with two attached hydrogens (primary N) is 1. The molecule has 0 radical (unpaired) electrons. The van der Waals surface area contributed by atoms with E-state index in [9.17, 15) is 31.2 Å². The number of anilines is 2. The maximum atomic E-state index is 15.1. The molecule has 3 aromatic rings. The van der Waals surface area contributed by atoms with E-state index in [4.69, 9.17) is 10.5 Å². The molecule has 0 bridgehead atoms. The number of sulfone groups is 1. The lowest BCUT2D eigenvalue weighted by molar-refractivity contribution is -0.140. The number of halogens is 4. The standard InChI is InChI=1S/C29H31F4N5O6S/c1-43-26-14-19(45(2,41)42)8-9-24(26)35-11-4-5-18-13-20-22(6-3-7-25(20)38(18)17-29(31,32)33)36-23-10-12-37(15-21(23)30)27(39)16-44-28(34)40/h3,6-9,13-14,21,23,35-36H,10-12,15-17H2,1-2H3,(H2,34,40)/t21-,23+/m0/s1. The molecule has 1 fully saturated rings. The van der Waals surface area contributed by atoms with E-state index in [1.165, 1.54) is 42.3 Å². The SMILES string of the molecule is COc1cc(S(C)(=O)=O)ccc1NCC#Cc1cc2c(N[C@@H]3CCN(C(=O)COC(N)=O)C[C@@H]3F)cccc2n1CC(F)(F)F. The zero-order valence-electron chi connectivity index (χ0n) is 24.3. The number of rotatable bonds is 9. The first-order valence-electron chi connectivity index (χ1n) is 13.6. The number of aromatic nitrogens is 1. The number of piperidine rings is 1. The summed E-state index contributed by atoms with van der Waals surface area (Å²) in [6.45, 7) is -2.02. The third-order valence-electron chi connectivity index (χ3n) is 7.04. The van der Waals surface area contributed by atoms with Crippen LogP contribution in [0.1, 0.15) is 12.1 Å². The van der Waals surface area contributed by atoms with Gasteiger partial charge in [-0.25, -0.2) is 17.6 Å². The Morgan fingerprint density at radius 3 is 2.56 bits per heavy atom. The molecule has 242 valence electrons.